The number of nitrogens with zero attached hydrogens (tertiary/aromatic N) is 1. The first kappa shape index (κ1) is 9.02. The zero-order valence-corrected chi connectivity index (χ0v) is 9.08. The van der Waals surface area contributed by atoms with Crippen molar-refractivity contribution in [2.24, 2.45) is 5.41 Å². The van der Waals surface area contributed by atoms with Crippen LogP contribution in [0.5, 0.6) is 0 Å². The molecule has 0 aromatic heterocycles. The maximum atomic E-state index is 4.28. The number of para-hydroxylation sites is 1. The van der Waals surface area contributed by atoms with E-state index < -0.39 is 0 Å². The van der Waals surface area contributed by atoms with E-state index >= 15 is 0 Å². The van der Waals surface area contributed by atoms with E-state index in [-0.39, 0.29) is 0 Å². The molecule has 0 bridgehead atoms. The molecule has 1 heterocycles. The Labute approximate surface area is 91.4 Å². The van der Waals surface area contributed by atoms with Gasteiger partial charge in [0.25, 0.3) is 0 Å². The highest BCUT2D eigenvalue weighted by atomic mass is 15.2. The van der Waals surface area contributed by atoms with Crippen LogP contribution in [0.2, 0.25) is 0 Å². The van der Waals surface area contributed by atoms with Gasteiger partial charge in [0.1, 0.15) is 0 Å². The molecule has 0 radical (unpaired) electrons. The highest BCUT2D eigenvalue weighted by molar-refractivity contribution is 5.58. The Hall–Kier alpha value is -1.24. The van der Waals surface area contributed by atoms with E-state index in [1.165, 1.54) is 43.6 Å². The van der Waals surface area contributed by atoms with Crippen LogP contribution in [0.25, 0.3) is 0 Å². The van der Waals surface area contributed by atoms with Crippen LogP contribution in [0.4, 0.5) is 5.69 Å². The molecule has 0 unspecified atom stereocenters. The van der Waals surface area contributed by atoms with Crippen LogP contribution in [0.3, 0.4) is 0 Å². The molecule has 1 aromatic carbocycles. The van der Waals surface area contributed by atoms with Gasteiger partial charge in [0.2, 0.25) is 0 Å². The first-order valence-electron chi connectivity index (χ1n) is 5.84. The van der Waals surface area contributed by atoms with Gasteiger partial charge in [-0.3, -0.25) is 0 Å². The Balaban J connectivity index is 1.81. The lowest BCUT2D eigenvalue weighted by atomic mass is 9.74. The van der Waals surface area contributed by atoms with E-state index in [1.807, 2.05) is 0 Å². The van der Waals surface area contributed by atoms with Gasteiger partial charge in [0.05, 0.1) is 0 Å². The van der Waals surface area contributed by atoms with Crippen molar-refractivity contribution in [1.29, 1.82) is 0 Å². The minimum Gasteiger partial charge on any atom is -0.344 e. The molecule has 0 N–H and O–H groups in total. The molecular formula is C14H17N. The van der Waals surface area contributed by atoms with Crippen LogP contribution in [-0.4, -0.2) is 6.54 Å². The summed E-state index contributed by atoms with van der Waals surface area (Å²) >= 11 is 0. The van der Waals surface area contributed by atoms with Crippen LogP contribution in [0.1, 0.15) is 25.7 Å². The zero-order chi connectivity index (χ0) is 10.3. The van der Waals surface area contributed by atoms with Gasteiger partial charge in [-0.15, -0.1) is 0 Å². The lowest BCUT2D eigenvalue weighted by molar-refractivity contribution is 0.292. The average Bonchev–Trinajstić information content (AvgIpc) is 2.78. The van der Waals surface area contributed by atoms with Crippen molar-refractivity contribution in [2.75, 3.05) is 11.4 Å². The lowest BCUT2D eigenvalue weighted by Crippen LogP contribution is -2.52. The van der Waals surface area contributed by atoms with Crippen LogP contribution < -0.4 is 4.90 Å². The van der Waals surface area contributed by atoms with E-state index in [9.17, 15) is 0 Å². The Morgan fingerprint density at radius 2 is 1.73 bits per heavy atom. The topological polar surface area (TPSA) is 3.24 Å². The summed E-state index contributed by atoms with van der Waals surface area (Å²) in [5, 5.41) is 0. The van der Waals surface area contributed by atoms with Gasteiger partial charge in [0, 0.05) is 23.3 Å². The Kier molecular flexibility index (Phi) is 1.88. The molecule has 1 aliphatic heterocycles. The third-order valence-corrected chi connectivity index (χ3v) is 4.03. The molecule has 1 saturated carbocycles. The summed E-state index contributed by atoms with van der Waals surface area (Å²) in [6.45, 7) is 5.47. The SMILES string of the molecule is C=C1N(c2ccccc2)CC12CCCC2. The predicted molar refractivity (Wildman–Crippen MR) is 63.8 cm³/mol. The maximum absolute atomic E-state index is 4.28. The summed E-state index contributed by atoms with van der Waals surface area (Å²) in [7, 11) is 0. The van der Waals surface area contributed by atoms with Crippen molar-refractivity contribution in [3.8, 4) is 0 Å². The second-order valence-corrected chi connectivity index (χ2v) is 4.86. The maximum Gasteiger partial charge on any atom is 0.0408 e. The van der Waals surface area contributed by atoms with Gasteiger partial charge in [-0.1, -0.05) is 37.6 Å². The Morgan fingerprint density at radius 1 is 1.07 bits per heavy atom. The van der Waals surface area contributed by atoms with Crippen molar-refractivity contribution < 1.29 is 0 Å². The molecule has 1 nitrogen and oxygen atoms in total. The molecule has 1 aromatic rings. The fraction of sp³-hybridized carbons (Fsp3) is 0.429. The molecule has 78 valence electrons. The monoisotopic (exact) mass is 199 g/mol. The van der Waals surface area contributed by atoms with Crippen LogP contribution in [0.15, 0.2) is 42.6 Å². The largest absolute Gasteiger partial charge is 0.344 e. The third kappa shape index (κ3) is 1.22. The molecule has 3 rings (SSSR count). The van der Waals surface area contributed by atoms with E-state index in [0.29, 0.717) is 5.41 Å². The fourth-order valence-corrected chi connectivity index (χ4v) is 3.04. The normalized spacial score (nSPS) is 23.2. The molecule has 15 heavy (non-hydrogen) atoms. The van der Waals surface area contributed by atoms with Crippen LogP contribution in [0, 0.1) is 5.41 Å². The number of rotatable bonds is 1. The highest BCUT2D eigenvalue weighted by Gasteiger charge is 2.48. The number of hydrogen-bond acceptors (Lipinski definition) is 1. The van der Waals surface area contributed by atoms with Gasteiger partial charge in [-0.2, -0.15) is 0 Å². The molecule has 2 aliphatic rings. The second-order valence-electron chi connectivity index (χ2n) is 4.86. The number of anilines is 1. The summed E-state index contributed by atoms with van der Waals surface area (Å²) in [4.78, 5) is 2.37. The van der Waals surface area contributed by atoms with Crippen molar-refractivity contribution >= 4 is 5.69 Å². The summed E-state index contributed by atoms with van der Waals surface area (Å²) in [5.74, 6) is 0. The zero-order valence-electron chi connectivity index (χ0n) is 9.08. The molecule has 1 spiro atoms. The summed E-state index contributed by atoms with van der Waals surface area (Å²) in [5.41, 5.74) is 3.14. The molecule has 1 heteroatoms. The molecule has 1 saturated heterocycles. The van der Waals surface area contributed by atoms with Gasteiger partial charge in [-0.05, 0) is 25.0 Å². The first-order chi connectivity index (χ1) is 7.32. The quantitative estimate of drug-likeness (QED) is 0.668. The average molecular weight is 199 g/mol. The smallest absolute Gasteiger partial charge is 0.0408 e. The van der Waals surface area contributed by atoms with Crippen molar-refractivity contribution in [1.82, 2.24) is 0 Å². The first-order valence-corrected chi connectivity index (χ1v) is 5.84. The fourth-order valence-electron chi connectivity index (χ4n) is 3.04. The standard InChI is InChI=1S/C14H17N/c1-12-14(9-5-6-10-14)11-15(12)13-7-3-2-4-8-13/h2-4,7-8H,1,5-6,9-11H2. The Bertz CT molecular complexity index is 374. The Morgan fingerprint density at radius 3 is 2.33 bits per heavy atom. The van der Waals surface area contributed by atoms with E-state index in [2.05, 4.69) is 41.8 Å². The van der Waals surface area contributed by atoms with Crippen molar-refractivity contribution in [3.63, 3.8) is 0 Å². The molecular weight excluding hydrogens is 182 g/mol. The minimum absolute atomic E-state index is 0.482. The number of hydrogen-bond donors (Lipinski definition) is 0. The van der Waals surface area contributed by atoms with Crippen LogP contribution in [-0.2, 0) is 0 Å². The summed E-state index contributed by atoms with van der Waals surface area (Å²) in [6.07, 6.45) is 5.49. The number of benzene rings is 1. The minimum atomic E-state index is 0.482. The second kappa shape index (κ2) is 3.13. The molecule has 2 fully saturated rings. The highest BCUT2D eigenvalue weighted by Crippen LogP contribution is 2.53. The van der Waals surface area contributed by atoms with Gasteiger partial charge < -0.3 is 4.90 Å². The van der Waals surface area contributed by atoms with E-state index in [1.54, 1.807) is 0 Å². The van der Waals surface area contributed by atoms with E-state index in [0.717, 1.165) is 0 Å². The summed E-state index contributed by atoms with van der Waals surface area (Å²) in [6, 6.07) is 10.6. The van der Waals surface area contributed by atoms with Gasteiger partial charge in [0.15, 0.2) is 0 Å². The molecule has 0 amide bonds. The van der Waals surface area contributed by atoms with Gasteiger partial charge >= 0.3 is 0 Å². The molecule has 0 atom stereocenters. The predicted octanol–water partition coefficient (Wildman–Crippen LogP) is 3.58. The third-order valence-electron chi connectivity index (χ3n) is 4.03. The van der Waals surface area contributed by atoms with Gasteiger partial charge in [-0.25, -0.2) is 0 Å². The molecule has 1 aliphatic carbocycles. The summed E-state index contributed by atoms with van der Waals surface area (Å²) < 4.78 is 0. The lowest BCUT2D eigenvalue weighted by Gasteiger charge is -2.52. The van der Waals surface area contributed by atoms with Crippen molar-refractivity contribution in [3.05, 3.63) is 42.6 Å². The van der Waals surface area contributed by atoms with Crippen LogP contribution >= 0.6 is 0 Å². The van der Waals surface area contributed by atoms with Crippen molar-refractivity contribution in [2.45, 2.75) is 25.7 Å². The van der Waals surface area contributed by atoms with E-state index in [4.69, 9.17) is 0 Å².